The first-order valence-electron chi connectivity index (χ1n) is 7.82. The van der Waals surface area contributed by atoms with Crippen molar-refractivity contribution < 1.29 is 4.79 Å². The van der Waals surface area contributed by atoms with Crippen molar-refractivity contribution in [2.24, 2.45) is 0 Å². The fourth-order valence-electron chi connectivity index (χ4n) is 2.73. The van der Waals surface area contributed by atoms with E-state index in [1.165, 1.54) is 5.39 Å². The molecule has 0 aliphatic rings. The van der Waals surface area contributed by atoms with Crippen molar-refractivity contribution in [2.45, 2.75) is 6.54 Å². The number of carbonyl (C=O) groups is 1. The van der Waals surface area contributed by atoms with Gasteiger partial charge >= 0.3 is 0 Å². The Balaban J connectivity index is 1.79. The number of H-pyrrole nitrogens is 1. The largest absolute Gasteiger partial charge is 0.341 e. The molecule has 5 nitrogen and oxygen atoms in total. The molecule has 1 aromatic carbocycles. The number of rotatable bonds is 7. The molecule has 3 aromatic rings. The number of aromatic amines is 1. The van der Waals surface area contributed by atoms with E-state index in [-0.39, 0.29) is 5.91 Å². The highest BCUT2D eigenvalue weighted by Gasteiger charge is 2.17. The third kappa shape index (κ3) is 3.15. The first kappa shape index (κ1) is 15.8. The molecule has 0 aliphatic carbocycles. The summed E-state index contributed by atoms with van der Waals surface area (Å²) < 4.78 is 2.13. The Kier molecular flexibility index (Phi) is 4.61. The van der Waals surface area contributed by atoms with Gasteiger partial charge in [-0.25, -0.2) is 0 Å². The standard InChI is InChI=1S/C19H20N4O/c1-3-10-22(11-4-2)19(24)17-13-16(20-21-17)14-23-12-9-15-7-5-6-8-18(15)23/h3-9,12-13H,1-2,10-11,14H2,(H,20,21). The predicted octanol–water partition coefficient (Wildman–Crippen LogP) is 3.23. The summed E-state index contributed by atoms with van der Waals surface area (Å²) in [6.45, 7) is 8.94. The number of para-hydroxylation sites is 1. The van der Waals surface area contributed by atoms with E-state index in [2.05, 4.69) is 46.1 Å². The SMILES string of the molecule is C=CCN(CC=C)C(=O)c1cc(Cn2ccc3ccccc32)[nH]n1. The monoisotopic (exact) mass is 320 g/mol. The molecule has 24 heavy (non-hydrogen) atoms. The molecule has 1 amide bonds. The van der Waals surface area contributed by atoms with Gasteiger partial charge in [0.2, 0.25) is 0 Å². The van der Waals surface area contributed by atoms with Gasteiger partial charge in [-0.15, -0.1) is 13.2 Å². The van der Waals surface area contributed by atoms with Crippen molar-refractivity contribution in [1.82, 2.24) is 19.7 Å². The van der Waals surface area contributed by atoms with Crippen LogP contribution in [0, 0.1) is 0 Å². The van der Waals surface area contributed by atoms with Gasteiger partial charge in [0.15, 0.2) is 5.69 Å². The number of benzene rings is 1. The zero-order valence-electron chi connectivity index (χ0n) is 13.5. The Labute approximate surface area is 140 Å². The summed E-state index contributed by atoms with van der Waals surface area (Å²) in [5.41, 5.74) is 2.45. The predicted molar refractivity (Wildman–Crippen MR) is 95.9 cm³/mol. The molecule has 0 radical (unpaired) electrons. The first-order chi connectivity index (χ1) is 11.7. The maximum absolute atomic E-state index is 12.5. The maximum atomic E-state index is 12.5. The Morgan fingerprint density at radius 1 is 1.21 bits per heavy atom. The smallest absolute Gasteiger partial charge is 0.274 e. The van der Waals surface area contributed by atoms with E-state index in [9.17, 15) is 4.79 Å². The number of hydrogen-bond acceptors (Lipinski definition) is 2. The van der Waals surface area contributed by atoms with Gasteiger partial charge < -0.3 is 9.47 Å². The van der Waals surface area contributed by atoms with E-state index in [0.717, 1.165) is 11.2 Å². The molecular formula is C19H20N4O. The molecule has 0 saturated heterocycles. The van der Waals surface area contributed by atoms with Crippen LogP contribution in [-0.4, -0.2) is 38.7 Å². The van der Waals surface area contributed by atoms with Gasteiger partial charge in [0.1, 0.15) is 0 Å². The Bertz CT molecular complexity index is 864. The second kappa shape index (κ2) is 7.00. The van der Waals surface area contributed by atoms with E-state index >= 15 is 0 Å². The van der Waals surface area contributed by atoms with Crippen molar-refractivity contribution in [3.63, 3.8) is 0 Å². The zero-order valence-corrected chi connectivity index (χ0v) is 13.5. The molecule has 2 heterocycles. The third-order valence-corrected chi connectivity index (χ3v) is 3.86. The van der Waals surface area contributed by atoms with Crippen molar-refractivity contribution in [2.75, 3.05) is 13.1 Å². The van der Waals surface area contributed by atoms with Gasteiger partial charge in [-0.2, -0.15) is 5.10 Å². The molecule has 0 unspecified atom stereocenters. The number of aromatic nitrogens is 3. The van der Waals surface area contributed by atoms with Crippen molar-refractivity contribution in [3.05, 3.63) is 79.3 Å². The summed E-state index contributed by atoms with van der Waals surface area (Å²) in [6.07, 6.45) is 5.43. The normalized spacial score (nSPS) is 10.7. The fraction of sp³-hybridized carbons (Fsp3) is 0.158. The van der Waals surface area contributed by atoms with E-state index in [1.54, 1.807) is 23.1 Å². The molecule has 2 aromatic heterocycles. The van der Waals surface area contributed by atoms with Gasteiger partial charge in [-0.1, -0.05) is 30.4 Å². The van der Waals surface area contributed by atoms with Gasteiger partial charge in [0.25, 0.3) is 5.91 Å². The second-order valence-electron chi connectivity index (χ2n) is 5.57. The van der Waals surface area contributed by atoms with E-state index < -0.39 is 0 Å². The van der Waals surface area contributed by atoms with E-state index in [1.807, 2.05) is 18.3 Å². The molecule has 0 bridgehead atoms. The van der Waals surface area contributed by atoms with Crippen LogP contribution in [0.2, 0.25) is 0 Å². The van der Waals surface area contributed by atoms with Crippen molar-refractivity contribution >= 4 is 16.8 Å². The number of nitrogens with one attached hydrogen (secondary N) is 1. The van der Waals surface area contributed by atoms with E-state index in [4.69, 9.17) is 0 Å². The lowest BCUT2D eigenvalue weighted by atomic mass is 10.2. The van der Waals surface area contributed by atoms with Gasteiger partial charge in [0, 0.05) is 24.8 Å². The Morgan fingerprint density at radius 3 is 2.71 bits per heavy atom. The van der Waals surface area contributed by atoms with Gasteiger partial charge in [0.05, 0.1) is 12.2 Å². The summed E-state index contributed by atoms with van der Waals surface area (Å²) in [4.78, 5) is 14.1. The van der Waals surface area contributed by atoms with Gasteiger partial charge in [-0.05, 0) is 23.6 Å². The summed E-state index contributed by atoms with van der Waals surface area (Å²) in [7, 11) is 0. The van der Waals surface area contributed by atoms with E-state index in [0.29, 0.717) is 25.3 Å². The quantitative estimate of drug-likeness (QED) is 0.680. The minimum atomic E-state index is -0.130. The highest BCUT2D eigenvalue weighted by Crippen LogP contribution is 2.16. The summed E-state index contributed by atoms with van der Waals surface area (Å²) in [6, 6.07) is 12.1. The van der Waals surface area contributed by atoms with Gasteiger partial charge in [-0.3, -0.25) is 9.89 Å². The number of carbonyl (C=O) groups excluding carboxylic acids is 1. The molecule has 0 saturated carbocycles. The Morgan fingerprint density at radius 2 is 1.96 bits per heavy atom. The lowest BCUT2D eigenvalue weighted by Crippen LogP contribution is -2.31. The van der Waals surface area contributed by atoms with Crippen LogP contribution < -0.4 is 0 Å². The van der Waals surface area contributed by atoms with Crippen LogP contribution in [0.3, 0.4) is 0 Å². The molecular weight excluding hydrogens is 300 g/mol. The average Bonchev–Trinajstić information content (AvgIpc) is 3.22. The van der Waals surface area contributed by atoms with Crippen LogP contribution in [0.25, 0.3) is 10.9 Å². The molecule has 0 aliphatic heterocycles. The lowest BCUT2D eigenvalue weighted by molar-refractivity contribution is 0.0785. The fourth-order valence-corrected chi connectivity index (χ4v) is 2.73. The molecule has 122 valence electrons. The number of hydrogen-bond donors (Lipinski definition) is 1. The number of amides is 1. The molecule has 5 heteroatoms. The highest BCUT2D eigenvalue weighted by atomic mass is 16.2. The average molecular weight is 320 g/mol. The van der Waals surface area contributed by atoms with Crippen LogP contribution in [0.1, 0.15) is 16.2 Å². The van der Waals surface area contributed by atoms with Crippen LogP contribution in [0.15, 0.2) is 67.9 Å². The topological polar surface area (TPSA) is 53.9 Å². The number of fused-ring (bicyclic) bond motifs is 1. The van der Waals surface area contributed by atoms with Crippen LogP contribution in [-0.2, 0) is 6.54 Å². The maximum Gasteiger partial charge on any atom is 0.274 e. The van der Waals surface area contributed by atoms with Crippen molar-refractivity contribution in [3.8, 4) is 0 Å². The second-order valence-corrected chi connectivity index (χ2v) is 5.57. The molecule has 0 fully saturated rings. The van der Waals surface area contributed by atoms with Crippen LogP contribution in [0.5, 0.6) is 0 Å². The summed E-state index contributed by atoms with van der Waals surface area (Å²) >= 11 is 0. The highest BCUT2D eigenvalue weighted by molar-refractivity contribution is 5.92. The molecule has 0 spiro atoms. The number of nitrogens with zero attached hydrogens (tertiary/aromatic N) is 3. The van der Waals surface area contributed by atoms with Crippen LogP contribution in [0.4, 0.5) is 0 Å². The van der Waals surface area contributed by atoms with Crippen molar-refractivity contribution in [1.29, 1.82) is 0 Å². The van der Waals surface area contributed by atoms with Crippen LogP contribution >= 0.6 is 0 Å². The summed E-state index contributed by atoms with van der Waals surface area (Å²) in [5, 5.41) is 8.31. The lowest BCUT2D eigenvalue weighted by Gasteiger charge is -2.17. The minimum absolute atomic E-state index is 0.130. The minimum Gasteiger partial charge on any atom is -0.341 e. The molecule has 3 rings (SSSR count). The molecule has 1 N–H and O–H groups in total. The molecule has 0 atom stereocenters. The zero-order chi connectivity index (χ0) is 16.9. The Hall–Kier alpha value is -3.08. The summed E-state index contributed by atoms with van der Waals surface area (Å²) in [5.74, 6) is -0.130. The first-order valence-corrected chi connectivity index (χ1v) is 7.82. The third-order valence-electron chi connectivity index (χ3n) is 3.86.